The van der Waals surface area contributed by atoms with E-state index in [-0.39, 0.29) is 0 Å². The maximum absolute atomic E-state index is 2.22. The fourth-order valence-corrected chi connectivity index (χ4v) is 3.29. The number of hydrogen-bond donors (Lipinski definition) is 0. The maximum Gasteiger partial charge on any atom is 0.00489 e. The zero-order chi connectivity index (χ0) is 14.0. The van der Waals surface area contributed by atoms with Crippen molar-refractivity contribution >= 4 is 11.3 Å². The first-order chi connectivity index (χ1) is 8.25. The van der Waals surface area contributed by atoms with Crippen LogP contribution in [0, 0.1) is 27.7 Å². The molecule has 1 aromatic rings. The van der Waals surface area contributed by atoms with Gasteiger partial charge >= 0.3 is 0 Å². The molecule has 1 heterocycles. The van der Waals surface area contributed by atoms with E-state index in [2.05, 4.69) is 55.4 Å². The third-order valence-corrected chi connectivity index (χ3v) is 5.52. The van der Waals surface area contributed by atoms with Gasteiger partial charge in [0.25, 0.3) is 0 Å². The molecule has 1 aliphatic carbocycles. The summed E-state index contributed by atoms with van der Waals surface area (Å²) in [6.45, 7) is 17.6. The van der Waals surface area contributed by atoms with Crippen LogP contribution in [0.5, 0.6) is 0 Å². The van der Waals surface area contributed by atoms with Crippen LogP contribution in [-0.4, -0.2) is 0 Å². The van der Waals surface area contributed by atoms with Crippen molar-refractivity contribution in [3.63, 3.8) is 0 Å². The predicted octanol–water partition coefficient (Wildman–Crippen LogP) is 6.04. The van der Waals surface area contributed by atoms with Crippen LogP contribution in [0.1, 0.15) is 55.0 Å². The minimum atomic E-state index is 1.21. The predicted molar refractivity (Wildman–Crippen MR) is 84.6 cm³/mol. The zero-order valence-electron chi connectivity index (χ0n) is 13.1. The van der Waals surface area contributed by atoms with Gasteiger partial charge in [0, 0.05) is 9.75 Å². The summed E-state index contributed by atoms with van der Waals surface area (Å²) >= 11 is 1.90. The van der Waals surface area contributed by atoms with Crippen molar-refractivity contribution in [1.29, 1.82) is 0 Å². The Kier molecular flexibility index (Phi) is 4.98. The van der Waals surface area contributed by atoms with Crippen LogP contribution >= 0.6 is 11.3 Å². The smallest absolute Gasteiger partial charge is 0.00489 e. The molecule has 0 nitrogen and oxygen atoms in total. The van der Waals surface area contributed by atoms with E-state index in [1.165, 1.54) is 38.4 Å². The molecule has 0 atom stereocenters. The molecule has 0 aliphatic heterocycles. The van der Waals surface area contributed by atoms with Gasteiger partial charge in [-0.25, -0.2) is 0 Å². The minimum absolute atomic E-state index is 1.21. The fourth-order valence-electron chi connectivity index (χ4n) is 2.21. The third-order valence-electron chi connectivity index (χ3n) is 4.30. The van der Waals surface area contributed by atoms with Crippen molar-refractivity contribution in [1.82, 2.24) is 0 Å². The number of aryl methyl sites for hydroxylation is 2. The van der Waals surface area contributed by atoms with Crippen molar-refractivity contribution in [2.24, 2.45) is 0 Å². The molecule has 0 aromatic carbocycles. The van der Waals surface area contributed by atoms with Gasteiger partial charge in [-0.2, -0.15) is 0 Å². The topological polar surface area (TPSA) is 0 Å². The van der Waals surface area contributed by atoms with Gasteiger partial charge in [0.15, 0.2) is 0 Å². The number of rotatable bonds is 0. The molecule has 1 heteroatoms. The summed E-state index contributed by atoms with van der Waals surface area (Å²) < 4.78 is 0. The Morgan fingerprint density at radius 2 is 0.944 bits per heavy atom. The standard InChI is InChI=1S/C9H14.C8H12S/c1-6-5-7(2)9(4)8(6)3;1-5-6(2)8(4)9-7(5)3/h5H2,1-4H3;1-4H3. The molecule has 0 radical (unpaired) electrons. The third kappa shape index (κ3) is 3.14. The van der Waals surface area contributed by atoms with E-state index in [4.69, 9.17) is 0 Å². The molecule has 0 bridgehead atoms. The van der Waals surface area contributed by atoms with Gasteiger partial charge < -0.3 is 0 Å². The van der Waals surface area contributed by atoms with E-state index < -0.39 is 0 Å². The lowest BCUT2D eigenvalue weighted by atomic mass is 10.1. The van der Waals surface area contributed by atoms with Crippen molar-refractivity contribution in [3.8, 4) is 0 Å². The molecular weight excluding hydrogens is 236 g/mol. The first-order valence-electron chi connectivity index (χ1n) is 6.62. The molecule has 0 unspecified atom stereocenters. The summed E-state index contributed by atoms with van der Waals surface area (Å²) in [7, 11) is 0. The highest BCUT2D eigenvalue weighted by Crippen LogP contribution is 2.30. The lowest BCUT2D eigenvalue weighted by Crippen LogP contribution is -1.74. The quantitative estimate of drug-likeness (QED) is 0.534. The maximum atomic E-state index is 2.22. The highest BCUT2D eigenvalue weighted by atomic mass is 32.1. The van der Waals surface area contributed by atoms with Crippen LogP contribution in [0.25, 0.3) is 0 Å². The summed E-state index contributed by atoms with van der Waals surface area (Å²) in [5.41, 5.74) is 9.05. The average Bonchev–Trinajstić information content (AvgIpc) is 2.66. The molecular formula is C17H26S. The molecule has 2 rings (SSSR count). The molecule has 1 aliphatic rings. The highest BCUT2D eigenvalue weighted by molar-refractivity contribution is 7.12. The van der Waals surface area contributed by atoms with Gasteiger partial charge in [0.2, 0.25) is 0 Å². The largest absolute Gasteiger partial charge is 0.145 e. The SMILES string of the molecule is CC1=C(C)C(C)=C(C)C1.Cc1sc(C)c(C)c1C. The minimum Gasteiger partial charge on any atom is -0.145 e. The normalized spacial score (nSPS) is 15.1. The van der Waals surface area contributed by atoms with Gasteiger partial charge in [-0.3, -0.25) is 0 Å². The fraction of sp³-hybridized carbons (Fsp3) is 0.529. The van der Waals surface area contributed by atoms with Crippen LogP contribution in [-0.2, 0) is 0 Å². The van der Waals surface area contributed by atoms with E-state index in [0.717, 1.165) is 0 Å². The van der Waals surface area contributed by atoms with Crippen LogP contribution in [0.2, 0.25) is 0 Å². The lowest BCUT2D eigenvalue weighted by Gasteiger charge is -1.94. The van der Waals surface area contributed by atoms with E-state index in [1.54, 1.807) is 11.1 Å². The van der Waals surface area contributed by atoms with Crippen LogP contribution < -0.4 is 0 Å². The number of thiophene rings is 1. The molecule has 100 valence electrons. The average molecular weight is 262 g/mol. The Balaban J connectivity index is 0.000000180. The van der Waals surface area contributed by atoms with Crippen molar-refractivity contribution in [2.75, 3.05) is 0 Å². The Morgan fingerprint density at radius 1 is 0.611 bits per heavy atom. The first kappa shape index (κ1) is 15.2. The second-order valence-corrected chi connectivity index (χ2v) is 6.88. The molecule has 0 saturated heterocycles. The molecule has 0 N–H and O–H groups in total. The Bertz CT molecular complexity index is 465. The number of hydrogen-bond acceptors (Lipinski definition) is 1. The van der Waals surface area contributed by atoms with E-state index in [1.807, 2.05) is 11.3 Å². The molecule has 1 aromatic heterocycles. The Labute approximate surface area is 116 Å². The summed E-state index contributed by atoms with van der Waals surface area (Å²) in [5, 5.41) is 0. The van der Waals surface area contributed by atoms with Crippen LogP contribution in [0.4, 0.5) is 0 Å². The lowest BCUT2D eigenvalue weighted by molar-refractivity contribution is 1.13. The second kappa shape index (κ2) is 5.88. The van der Waals surface area contributed by atoms with E-state index in [0.29, 0.717) is 0 Å². The van der Waals surface area contributed by atoms with Gasteiger partial charge in [0.05, 0.1) is 0 Å². The second-order valence-electron chi connectivity index (χ2n) is 5.45. The Morgan fingerprint density at radius 3 is 1.06 bits per heavy atom. The first-order valence-corrected chi connectivity index (χ1v) is 7.43. The van der Waals surface area contributed by atoms with Crippen LogP contribution in [0.15, 0.2) is 22.3 Å². The summed E-state index contributed by atoms with van der Waals surface area (Å²) in [4.78, 5) is 2.93. The van der Waals surface area contributed by atoms with E-state index >= 15 is 0 Å². The zero-order valence-corrected chi connectivity index (χ0v) is 13.9. The summed E-state index contributed by atoms with van der Waals surface area (Å²) in [6, 6.07) is 0. The summed E-state index contributed by atoms with van der Waals surface area (Å²) in [5.74, 6) is 0. The molecule has 0 amide bonds. The monoisotopic (exact) mass is 262 g/mol. The van der Waals surface area contributed by atoms with Gasteiger partial charge in [-0.15, -0.1) is 11.3 Å². The van der Waals surface area contributed by atoms with E-state index in [9.17, 15) is 0 Å². The van der Waals surface area contributed by atoms with Crippen molar-refractivity contribution in [3.05, 3.63) is 43.2 Å². The summed E-state index contributed by atoms with van der Waals surface area (Å²) in [6.07, 6.45) is 1.21. The molecule has 18 heavy (non-hydrogen) atoms. The van der Waals surface area contributed by atoms with Crippen molar-refractivity contribution < 1.29 is 0 Å². The van der Waals surface area contributed by atoms with Crippen LogP contribution in [0.3, 0.4) is 0 Å². The molecule has 0 saturated carbocycles. The highest BCUT2D eigenvalue weighted by Gasteiger charge is 2.10. The Hall–Kier alpha value is -0.820. The molecule has 0 fully saturated rings. The molecule has 0 spiro atoms. The van der Waals surface area contributed by atoms with Crippen molar-refractivity contribution in [2.45, 2.75) is 61.8 Å². The van der Waals surface area contributed by atoms with Gasteiger partial charge in [-0.1, -0.05) is 11.1 Å². The van der Waals surface area contributed by atoms with Gasteiger partial charge in [-0.05, 0) is 84.1 Å². The van der Waals surface area contributed by atoms with Gasteiger partial charge in [0.1, 0.15) is 0 Å². The number of allylic oxidation sites excluding steroid dienone is 4.